The third-order valence-electron chi connectivity index (χ3n) is 3.70. The predicted molar refractivity (Wildman–Crippen MR) is 80.3 cm³/mol. The lowest BCUT2D eigenvalue weighted by Crippen LogP contribution is -2.25. The number of pyridine rings is 1. The first-order chi connectivity index (χ1) is 9.20. The maximum Gasteiger partial charge on any atom is 0.136 e. The Morgan fingerprint density at radius 3 is 2.89 bits per heavy atom. The van der Waals surface area contributed by atoms with E-state index in [0.29, 0.717) is 11.9 Å². The maximum atomic E-state index is 5.87. The first-order valence-electron chi connectivity index (χ1n) is 6.59. The Morgan fingerprint density at radius 1 is 1.37 bits per heavy atom. The van der Waals surface area contributed by atoms with E-state index in [4.69, 9.17) is 11.6 Å². The summed E-state index contributed by atoms with van der Waals surface area (Å²) in [5.41, 5.74) is 4.94. The molecular weight excluding hydrogens is 256 g/mol. The second-order valence-electron chi connectivity index (χ2n) is 5.17. The van der Waals surface area contributed by atoms with Crippen LogP contribution in [0.15, 0.2) is 36.5 Å². The van der Waals surface area contributed by atoms with E-state index in [-0.39, 0.29) is 0 Å². The predicted octanol–water partition coefficient (Wildman–Crippen LogP) is 4.21. The van der Waals surface area contributed by atoms with Gasteiger partial charge < -0.3 is 4.90 Å². The van der Waals surface area contributed by atoms with Crippen molar-refractivity contribution in [1.29, 1.82) is 0 Å². The Hall–Kier alpha value is -1.54. The Morgan fingerprint density at radius 2 is 2.16 bits per heavy atom. The Labute approximate surface area is 119 Å². The van der Waals surface area contributed by atoms with Gasteiger partial charge in [0.05, 0.1) is 0 Å². The summed E-state index contributed by atoms with van der Waals surface area (Å²) >= 11 is 5.87. The number of alkyl halides is 1. The van der Waals surface area contributed by atoms with E-state index in [1.165, 1.54) is 16.8 Å². The molecule has 3 rings (SSSR count). The minimum absolute atomic E-state index is 0.449. The smallest absolute Gasteiger partial charge is 0.136 e. The fraction of sp³-hybridized carbons (Fsp3) is 0.312. The van der Waals surface area contributed by atoms with Crippen LogP contribution in [0.3, 0.4) is 0 Å². The normalized spacial score (nSPS) is 17.6. The minimum Gasteiger partial charge on any atom is -0.323 e. The van der Waals surface area contributed by atoms with Crippen LogP contribution in [0.4, 0.5) is 11.5 Å². The van der Waals surface area contributed by atoms with Gasteiger partial charge in [0, 0.05) is 23.8 Å². The van der Waals surface area contributed by atoms with Crippen LogP contribution in [-0.4, -0.2) is 11.0 Å². The van der Waals surface area contributed by atoms with E-state index in [2.05, 4.69) is 54.1 Å². The number of halogens is 1. The lowest BCUT2D eigenvalue weighted by atomic mass is 10.1. The number of aromatic nitrogens is 1. The molecule has 1 aromatic carbocycles. The van der Waals surface area contributed by atoms with Crippen LogP contribution in [0.25, 0.3) is 0 Å². The molecule has 0 saturated carbocycles. The summed E-state index contributed by atoms with van der Waals surface area (Å²) in [4.78, 5) is 6.96. The van der Waals surface area contributed by atoms with Gasteiger partial charge in [0.1, 0.15) is 5.82 Å². The first-order valence-corrected chi connectivity index (χ1v) is 7.13. The van der Waals surface area contributed by atoms with Crippen molar-refractivity contribution in [3.8, 4) is 0 Å². The molecule has 0 bridgehead atoms. The molecule has 1 aromatic heterocycles. The number of hydrogen-bond donors (Lipinski definition) is 0. The third-order valence-corrected chi connectivity index (χ3v) is 4.01. The number of nitrogens with zero attached hydrogens (tertiary/aromatic N) is 2. The van der Waals surface area contributed by atoms with E-state index in [1.54, 1.807) is 0 Å². The fourth-order valence-electron chi connectivity index (χ4n) is 2.84. The van der Waals surface area contributed by atoms with Gasteiger partial charge in [-0.25, -0.2) is 4.98 Å². The van der Waals surface area contributed by atoms with E-state index in [9.17, 15) is 0 Å². The molecule has 0 N–H and O–H groups in total. The molecule has 1 atom stereocenters. The fourth-order valence-corrected chi connectivity index (χ4v) is 2.99. The highest BCUT2D eigenvalue weighted by Crippen LogP contribution is 2.38. The first kappa shape index (κ1) is 12.5. The Bertz CT molecular complexity index is 609. The number of para-hydroxylation sites is 1. The van der Waals surface area contributed by atoms with Crippen molar-refractivity contribution in [2.75, 3.05) is 4.90 Å². The van der Waals surface area contributed by atoms with Gasteiger partial charge in [0.2, 0.25) is 0 Å². The van der Waals surface area contributed by atoms with Crippen LogP contribution in [0, 0.1) is 6.92 Å². The highest BCUT2D eigenvalue weighted by molar-refractivity contribution is 6.17. The average molecular weight is 273 g/mol. The lowest BCUT2D eigenvalue weighted by molar-refractivity contribution is 0.748. The summed E-state index contributed by atoms with van der Waals surface area (Å²) in [6.07, 6.45) is 2.96. The molecule has 98 valence electrons. The van der Waals surface area contributed by atoms with E-state index < -0.39 is 0 Å². The van der Waals surface area contributed by atoms with Crippen molar-refractivity contribution in [3.05, 3.63) is 53.2 Å². The Kier molecular flexibility index (Phi) is 3.19. The third kappa shape index (κ3) is 2.10. The summed E-state index contributed by atoms with van der Waals surface area (Å²) in [5.74, 6) is 1.56. The van der Waals surface area contributed by atoms with Gasteiger partial charge in [-0.2, -0.15) is 0 Å². The number of benzene rings is 1. The molecule has 2 heterocycles. The molecule has 3 heteroatoms. The van der Waals surface area contributed by atoms with Crippen molar-refractivity contribution >= 4 is 23.1 Å². The average Bonchev–Trinajstić information content (AvgIpc) is 2.75. The van der Waals surface area contributed by atoms with Gasteiger partial charge in [-0.15, -0.1) is 11.6 Å². The van der Waals surface area contributed by atoms with E-state index >= 15 is 0 Å². The zero-order valence-corrected chi connectivity index (χ0v) is 12.0. The molecule has 1 unspecified atom stereocenters. The summed E-state index contributed by atoms with van der Waals surface area (Å²) in [7, 11) is 0. The largest absolute Gasteiger partial charge is 0.323 e. The van der Waals surface area contributed by atoms with E-state index in [0.717, 1.165) is 17.8 Å². The summed E-state index contributed by atoms with van der Waals surface area (Å²) in [6.45, 7) is 4.35. The van der Waals surface area contributed by atoms with Crippen LogP contribution in [0.5, 0.6) is 0 Å². The van der Waals surface area contributed by atoms with Gasteiger partial charge in [0.15, 0.2) is 0 Å². The molecule has 0 saturated heterocycles. The number of aryl methyl sites for hydroxylation is 1. The highest BCUT2D eigenvalue weighted by Gasteiger charge is 2.28. The monoisotopic (exact) mass is 272 g/mol. The number of rotatable bonds is 2. The zero-order chi connectivity index (χ0) is 13.4. The molecule has 0 spiro atoms. The molecule has 0 fully saturated rings. The Balaban J connectivity index is 2.07. The molecule has 1 aliphatic heterocycles. The molecule has 1 aliphatic rings. The highest BCUT2D eigenvalue weighted by atomic mass is 35.5. The van der Waals surface area contributed by atoms with E-state index in [1.807, 2.05) is 6.20 Å². The second-order valence-corrected chi connectivity index (χ2v) is 5.44. The standard InChI is InChI=1S/C16H17ClN2/c1-11-7-13(9-17)10-18-16(11)19-12(2)8-14-5-3-4-6-15(14)19/h3-7,10,12H,8-9H2,1-2H3. The van der Waals surface area contributed by atoms with Crippen molar-refractivity contribution in [1.82, 2.24) is 4.98 Å². The van der Waals surface area contributed by atoms with Crippen molar-refractivity contribution in [3.63, 3.8) is 0 Å². The van der Waals surface area contributed by atoms with Crippen molar-refractivity contribution < 1.29 is 0 Å². The summed E-state index contributed by atoms with van der Waals surface area (Å²) in [5, 5.41) is 0. The molecule has 0 aliphatic carbocycles. The number of fused-ring (bicyclic) bond motifs is 1. The SMILES string of the molecule is Cc1cc(CCl)cnc1N1c2ccccc2CC1C. The molecular formula is C16H17ClN2. The zero-order valence-electron chi connectivity index (χ0n) is 11.2. The van der Waals surface area contributed by atoms with Crippen LogP contribution in [0.2, 0.25) is 0 Å². The van der Waals surface area contributed by atoms with Crippen molar-refractivity contribution in [2.45, 2.75) is 32.2 Å². The van der Waals surface area contributed by atoms with Gasteiger partial charge in [-0.3, -0.25) is 0 Å². The summed E-state index contributed by atoms with van der Waals surface area (Å²) in [6, 6.07) is 11.1. The minimum atomic E-state index is 0.449. The summed E-state index contributed by atoms with van der Waals surface area (Å²) < 4.78 is 0. The van der Waals surface area contributed by atoms with Crippen molar-refractivity contribution in [2.24, 2.45) is 0 Å². The number of hydrogen-bond acceptors (Lipinski definition) is 2. The second kappa shape index (κ2) is 4.86. The molecule has 19 heavy (non-hydrogen) atoms. The van der Waals surface area contributed by atoms with Gasteiger partial charge in [0.25, 0.3) is 0 Å². The molecule has 2 aromatic rings. The van der Waals surface area contributed by atoms with Crippen LogP contribution >= 0.6 is 11.6 Å². The van der Waals surface area contributed by atoms with Gasteiger partial charge in [-0.1, -0.05) is 18.2 Å². The van der Waals surface area contributed by atoms with Crippen LogP contribution in [-0.2, 0) is 12.3 Å². The van der Waals surface area contributed by atoms with Crippen LogP contribution in [0.1, 0.15) is 23.6 Å². The number of anilines is 2. The lowest BCUT2D eigenvalue weighted by Gasteiger charge is -2.25. The molecule has 0 radical (unpaired) electrons. The quantitative estimate of drug-likeness (QED) is 0.761. The topological polar surface area (TPSA) is 16.1 Å². The van der Waals surface area contributed by atoms with Gasteiger partial charge >= 0.3 is 0 Å². The van der Waals surface area contributed by atoms with Crippen LogP contribution < -0.4 is 4.90 Å². The van der Waals surface area contributed by atoms with Gasteiger partial charge in [-0.05, 0) is 49.1 Å². The molecule has 0 amide bonds. The maximum absolute atomic E-state index is 5.87. The molecule has 2 nitrogen and oxygen atoms in total.